The van der Waals surface area contributed by atoms with Crippen LogP contribution in [0.15, 0.2) is 80.8 Å². The standard InChI is InChI=1S/C23H20Br2N2O2/c1-16-2-4-17(5-3-16)13-23(28)27-26-14-19-8-11-22(21(25)12-19)29-15-18-6-9-20(24)10-7-18/h2-12,14H,13,15H2,1H3,(H,27,28)/b26-14+. The van der Waals surface area contributed by atoms with E-state index in [0.29, 0.717) is 13.0 Å². The summed E-state index contributed by atoms with van der Waals surface area (Å²) in [5.41, 5.74) is 6.62. The highest BCUT2D eigenvalue weighted by Crippen LogP contribution is 2.26. The van der Waals surface area contributed by atoms with Gasteiger partial charge in [-0.3, -0.25) is 4.79 Å². The minimum atomic E-state index is -0.154. The summed E-state index contributed by atoms with van der Waals surface area (Å²) in [6, 6.07) is 21.5. The Morgan fingerprint density at radius 2 is 1.69 bits per heavy atom. The SMILES string of the molecule is Cc1ccc(CC(=O)N/N=C/c2ccc(OCc3ccc(Br)cc3)c(Br)c2)cc1. The maximum atomic E-state index is 12.0. The first-order chi connectivity index (χ1) is 14.0. The first-order valence-electron chi connectivity index (χ1n) is 9.04. The number of hydrazone groups is 1. The molecule has 0 aliphatic heterocycles. The molecular weight excluding hydrogens is 496 g/mol. The van der Waals surface area contributed by atoms with Crippen LogP contribution in [-0.2, 0) is 17.8 Å². The number of hydrogen-bond acceptors (Lipinski definition) is 3. The highest BCUT2D eigenvalue weighted by atomic mass is 79.9. The maximum absolute atomic E-state index is 12.0. The van der Waals surface area contributed by atoms with E-state index in [-0.39, 0.29) is 5.91 Å². The van der Waals surface area contributed by atoms with E-state index < -0.39 is 0 Å². The molecule has 1 N–H and O–H groups in total. The van der Waals surface area contributed by atoms with Crippen molar-refractivity contribution >= 4 is 44.0 Å². The Morgan fingerprint density at radius 3 is 2.38 bits per heavy atom. The Balaban J connectivity index is 1.51. The topological polar surface area (TPSA) is 50.7 Å². The lowest BCUT2D eigenvalue weighted by Gasteiger charge is -2.09. The molecule has 3 aromatic rings. The molecule has 148 valence electrons. The van der Waals surface area contributed by atoms with Crippen molar-refractivity contribution in [3.8, 4) is 5.75 Å². The fraction of sp³-hybridized carbons (Fsp3) is 0.130. The van der Waals surface area contributed by atoms with E-state index in [4.69, 9.17) is 4.74 Å². The third kappa shape index (κ3) is 6.84. The number of benzene rings is 3. The van der Waals surface area contributed by atoms with Crippen LogP contribution in [0.4, 0.5) is 0 Å². The predicted molar refractivity (Wildman–Crippen MR) is 123 cm³/mol. The summed E-state index contributed by atoms with van der Waals surface area (Å²) in [7, 11) is 0. The van der Waals surface area contributed by atoms with Gasteiger partial charge in [0.2, 0.25) is 5.91 Å². The van der Waals surface area contributed by atoms with Gasteiger partial charge in [-0.25, -0.2) is 5.43 Å². The average molecular weight is 516 g/mol. The van der Waals surface area contributed by atoms with Gasteiger partial charge in [-0.05, 0) is 69.9 Å². The number of carbonyl (C=O) groups is 1. The van der Waals surface area contributed by atoms with E-state index in [1.54, 1.807) is 6.21 Å². The third-order valence-electron chi connectivity index (χ3n) is 4.15. The Hall–Kier alpha value is -2.44. The van der Waals surface area contributed by atoms with Crippen LogP contribution in [0.2, 0.25) is 0 Å². The Labute approximate surface area is 187 Å². The summed E-state index contributed by atoms with van der Waals surface area (Å²) in [6.07, 6.45) is 1.90. The molecule has 6 heteroatoms. The van der Waals surface area contributed by atoms with E-state index in [1.165, 1.54) is 5.56 Å². The van der Waals surface area contributed by atoms with E-state index in [2.05, 4.69) is 42.4 Å². The summed E-state index contributed by atoms with van der Waals surface area (Å²) in [5, 5.41) is 4.04. The number of aryl methyl sites for hydroxylation is 1. The number of rotatable bonds is 7. The first kappa shape index (κ1) is 21.3. The first-order valence-corrected chi connectivity index (χ1v) is 10.6. The lowest BCUT2D eigenvalue weighted by molar-refractivity contribution is -0.120. The molecule has 0 bridgehead atoms. The molecule has 29 heavy (non-hydrogen) atoms. The second kappa shape index (κ2) is 10.4. The second-order valence-corrected chi connectivity index (χ2v) is 8.33. The van der Waals surface area contributed by atoms with Gasteiger partial charge >= 0.3 is 0 Å². The summed E-state index contributed by atoms with van der Waals surface area (Å²) in [4.78, 5) is 12.0. The van der Waals surface area contributed by atoms with Crippen LogP contribution in [-0.4, -0.2) is 12.1 Å². The van der Waals surface area contributed by atoms with Gasteiger partial charge in [0, 0.05) is 4.47 Å². The fourth-order valence-corrected chi connectivity index (χ4v) is 3.34. The molecule has 0 spiro atoms. The molecule has 0 fully saturated rings. The smallest absolute Gasteiger partial charge is 0.244 e. The number of nitrogens with one attached hydrogen (secondary N) is 1. The third-order valence-corrected chi connectivity index (χ3v) is 5.30. The van der Waals surface area contributed by atoms with Gasteiger partial charge in [0.25, 0.3) is 0 Å². The molecule has 0 atom stereocenters. The van der Waals surface area contributed by atoms with Gasteiger partial charge in [0.05, 0.1) is 17.1 Å². The summed E-state index contributed by atoms with van der Waals surface area (Å²) in [5.74, 6) is 0.590. The van der Waals surface area contributed by atoms with Crippen LogP contribution in [0.3, 0.4) is 0 Å². The quantitative estimate of drug-likeness (QED) is 0.319. The van der Waals surface area contributed by atoms with Crippen LogP contribution < -0.4 is 10.2 Å². The van der Waals surface area contributed by atoms with Crippen molar-refractivity contribution in [1.29, 1.82) is 0 Å². The molecule has 0 heterocycles. The number of nitrogens with zero attached hydrogens (tertiary/aromatic N) is 1. The number of hydrogen-bond donors (Lipinski definition) is 1. The van der Waals surface area contributed by atoms with Gasteiger partial charge in [0.1, 0.15) is 12.4 Å². The second-order valence-electron chi connectivity index (χ2n) is 6.56. The molecule has 0 aliphatic carbocycles. The summed E-state index contributed by atoms with van der Waals surface area (Å²) < 4.78 is 7.72. The molecule has 4 nitrogen and oxygen atoms in total. The van der Waals surface area contributed by atoms with Crippen molar-refractivity contribution in [1.82, 2.24) is 5.43 Å². The highest BCUT2D eigenvalue weighted by Gasteiger charge is 2.04. The van der Waals surface area contributed by atoms with Crippen molar-refractivity contribution in [3.63, 3.8) is 0 Å². The maximum Gasteiger partial charge on any atom is 0.244 e. The fourth-order valence-electron chi connectivity index (χ4n) is 2.57. The summed E-state index contributed by atoms with van der Waals surface area (Å²) in [6.45, 7) is 2.50. The molecule has 0 unspecified atom stereocenters. The van der Waals surface area contributed by atoms with Crippen molar-refractivity contribution in [2.24, 2.45) is 5.10 Å². The van der Waals surface area contributed by atoms with Crippen LogP contribution in [0, 0.1) is 6.92 Å². The molecular formula is C23H20Br2N2O2. The van der Waals surface area contributed by atoms with Crippen LogP contribution in [0.5, 0.6) is 5.75 Å². The molecule has 0 aliphatic rings. The van der Waals surface area contributed by atoms with E-state index in [0.717, 1.165) is 31.4 Å². The van der Waals surface area contributed by atoms with Gasteiger partial charge < -0.3 is 4.74 Å². The normalized spacial score (nSPS) is 10.9. The molecule has 0 saturated heterocycles. The highest BCUT2D eigenvalue weighted by molar-refractivity contribution is 9.10. The molecule has 3 aromatic carbocycles. The van der Waals surface area contributed by atoms with Gasteiger partial charge in [-0.1, -0.05) is 57.9 Å². The van der Waals surface area contributed by atoms with Crippen LogP contribution >= 0.6 is 31.9 Å². The van der Waals surface area contributed by atoms with E-state index >= 15 is 0 Å². The van der Waals surface area contributed by atoms with Gasteiger partial charge in [0.15, 0.2) is 0 Å². The largest absolute Gasteiger partial charge is 0.488 e. The Morgan fingerprint density at radius 1 is 1.00 bits per heavy atom. The van der Waals surface area contributed by atoms with Crippen molar-refractivity contribution < 1.29 is 9.53 Å². The van der Waals surface area contributed by atoms with E-state index in [9.17, 15) is 4.79 Å². The van der Waals surface area contributed by atoms with Crippen LogP contribution in [0.25, 0.3) is 0 Å². The minimum Gasteiger partial charge on any atom is -0.488 e. The number of carbonyl (C=O) groups excluding carboxylic acids is 1. The predicted octanol–water partition coefficient (Wildman–Crippen LogP) is 5.79. The van der Waals surface area contributed by atoms with Crippen LogP contribution in [0.1, 0.15) is 22.3 Å². The molecule has 0 radical (unpaired) electrons. The monoisotopic (exact) mass is 514 g/mol. The molecule has 3 rings (SSSR count). The Kier molecular flexibility index (Phi) is 7.61. The lowest BCUT2D eigenvalue weighted by Crippen LogP contribution is -2.19. The number of amides is 1. The van der Waals surface area contributed by atoms with Gasteiger partial charge in [-0.2, -0.15) is 5.10 Å². The minimum absolute atomic E-state index is 0.154. The van der Waals surface area contributed by atoms with Crippen molar-refractivity contribution in [2.75, 3.05) is 0 Å². The Bertz CT molecular complexity index is 1000. The van der Waals surface area contributed by atoms with Gasteiger partial charge in [-0.15, -0.1) is 0 Å². The zero-order chi connectivity index (χ0) is 20.6. The van der Waals surface area contributed by atoms with E-state index in [1.807, 2.05) is 73.7 Å². The van der Waals surface area contributed by atoms with Crippen molar-refractivity contribution in [3.05, 3.63) is 97.9 Å². The summed E-state index contributed by atoms with van der Waals surface area (Å²) >= 11 is 6.94. The number of halogens is 2. The zero-order valence-electron chi connectivity index (χ0n) is 15.9. The molecule has 0 saturated carbocycles. The number of ether oxygens (including phenoxy) is 1. The lowest BCUT2D eigenvalue weighted by atomic mass is 10.1. The average Bonchev–Trinajstić information content (AvgIpc) is 2.70. The van der Waals surface area contributed by atoms with Crippen molar-refractivity contribution in [2.45, 2.75) is 20.0 Å². The molecule has 0 aromatic heterocycles. The zero-order valence-corrected chi connectivity index (χ0v) is 19.0. The molecule has 1 amide bonds.